The second kappa shape index (κ2) is 4.75. The van der Waals surface area contributed by atoms with E-state index in [-0.39, 0.29) is 0 Å². The van der Waals surface area contributed by atoms with Gasteiger partial charge in [0, 0.05) is 13.2 Å². The Labute approximate surface area is 99.9 Å². The minimum Gasteiger partial charge on any atom is -0.376 e. The van der Waals surface area contributed by atoms with Crippen molar-refractivity contribution in [3.8, 4) is 0 Å². The molecule has 17 heavy (non-hydrogen) atoms. The van der Waals surface area contributed by atoms with Crippen molar-refractivity contribution in [1.29, 1.82) is 0 Å². The first kappa shape index (κ1) is 10.6. The van der Waals surface area contributed by atoms with E-state index in [2.05, 4.69) is 10.5 Å². The monoisotopic (exact) mass is 232 g/mol. The van der Waals surface area contributed by atoms with E-state index in [0.717, 1.165) is 36.4 Å². The quantitative estimate of drug-likeness (QED) is 0.884. The number of fused-ring (bicyclic) bond motifs is 1. The van der Waals surface area contributed by atoms with Gasteiger partial charge in [0.25, 0.3) is 0 Å². The summed E-state index contributed by atoms with van der Waals surface area (Å²) in [6.07, 6.45) is 3.87. The molecule has 1 unspecified atom stereocenters. The van der Waals surface area contributed by atoms with Gasteiger partial charge >= 0.3 is 0 Å². The van der Waals surface area contributed by atoms with E-state index in [1.807, 2.05) is 24.3 Å². The Kier molecular flexibility index (Phi) is 2.96. The largest absolute Gasteiger partial charge is 0.376 e. The van der Waals surface area contributed by atoms with Crippen LogP contribution in [0.15, 0.2) is 28.8 Å². The van der Waals surface area contributed by atoms with Crippen LogP contribution >= 0.6 is 0 Å². The fourth-order valence-corrected chi connectivity index (χ4v) is 2.19. The second-order valence-corrected chi connectivity index (χ2v) is 4.40. The van der Waals surface area contributed by atoms with Crippen LogP contribution in [0.4, 0.5) is 5.82 Å². The van der Waals surface area contributed by atoms with Crippen LogP contribution in [0.1, 0.15) is 19.3 Å². The van der Waals surface area contributed by atoms with Crippen molar-refractivity contribution in [3.05, 3.63) is 24.3 Å². The molecular formula is C13H16N2O2. The maximum atomic E-state index is 5.67. The van der Waals surface area contributed by atoms with Crippen molar-refractivity contribution in [1.82, 2.24) is 5.16 Å². The summed E-state index contributed by atoms with van der Waals surface area (Å²) < 4.78 is 10.9. The average Bonchev–Trinajstić information content (AvgIpc) is 2.81. The molecule has 1 atom stereocenters. The minimum atomic E-state index is 0.305. The molecule has 3 rings (SSSR count). The zero-order chi connectivity index (χ0) is 11.5. The van der Waals surface area contributed by atoms with E-state index in [1.54, 1.807) is 0 Å². The topological polar surface area (TPSA) is 47.3 Å². The van der Waals surface area contributed by atoms with E-state index >= 15 is 0 Å². The Balaban J connectivity index is 1.68. The van der Waals surface area contributed by atoms with Crippen LogP contribution in [0.25, 0.3) is 11.0 Å². The molecule has 1 aromatic heterocycles. The molecule has 2 heterocycles. The summed E-state index contributed by atoms with van der Waals surface area (Å²) in [7, 11) is 0. The molecule has 1 aromatic carbocycles. The Hall–Kier alpha value is -1.55. The third-order valence-electron chi connectivity index (χ3n) is 3.15. The van der Waals surface area contributed by atoms with Crippen molar-refractivity contribution in [2.75, 3.05) is 18.5 Å². The molecular weight excluding hydrogens is 216 g/mol. The molecule has 1 fully saturated rings. The van der Waals surface area contributed by atoms with Crippen LogP contribution in [0, 0.1) is 0 Å². The maximum Gasteiger partial charge on any atom is 0.177 e. The molecule has 0 aliphatic carbocycles. The lowest BCUT2D eigenvalue weighted by Crippen LogP contribution is -2.27. The van der Waals surface area contributed by atoms with Gasteiger partial charge in [-0.3, -0.25) is 0 Å². The van der Waals surface area contributed by atoms with E-state index in [9.17, 15) is 0 Å². The number of nitrogens with zero attached hydrogens (tertiary/aromatic N) is 1. The van der Waals surface area contributed by atoms with Gasteiger partial charge in [0.1, 0.15) is 0 Å². The van der Waals surface area contributed by atoms with Crippen molar-refractivity contribution in [3.63, 3.8) is 0 Å². The van der Waals surface area contributed by atoms with Gasteiger partial charge in [0.05, 0.1) is 11.5 Å². The van der Waals surface area contributed by atoms with Gasteiger partial charge < -0.3 is 14.6 Å². The highest BCUT2D eigenvalue weighted by Gasteiger charge is 2.15. The molecule has 90 valence electrons. The van der Waals surface area contributed by atoms with Gasteiger partial charge in [0.2, 0.25) is 0 Å². The highest BCUT2D eigenvalue weighted by atomic mass is 16.5. The zero-order valence-corrected chi connectivity index (χ0v) is 9.69. The van der Waals surface area contributed by atoms with Crippen molar-refractivity contribution < 1.29 is 9.26 Å². The molecule has 1 N–H and O–H groups in total. The minimum absolute atomic E-state index is 0.305. The summed E-state index contributed by atoms with van der Waals surface area (Å²) in [4.78, 5) is 0. The third kappa shape index (κ3) is 2.26. The predicted molar refractivity (Wildman–Crippen MR) is 66.1 cm³/mol. The van der Waals surface area contributed by atoms with Crippen molar-refractivity contribution in [2.24, 2.45) is 0 Å². The van der Waals surface area contributed by atoms with Gasteiger partial charge in [-0.25, -0.2) is 0 Å². The number of hydrogen-bond donors (Lipinski definition) is 1. The first-order chi connectivity index (χ1) is 8.43. The number of rotatable bonds is 3. The summed E-state index contributed by atoms with van der Waals surface area (Å²) >= 11 is 0. The van der Waals surface area contributed by atoms with Crippen LogP contribution in [0.3, 0.4) is 0 Å². The van der Waals surface area contributed by atoms with Crippen LogP contribution in [-0.2, 0) is 4.74 Å². The number of anilines is 1. The summed E-state index contributed by atoms with van der Waals surface area (Å²) in [5.74, 6) is 0.815. The molecule has 0 amide bonds. The predicted octanol–water partition coefficient (Wildman–Crippen LogP) is 2.81. The second-order valence-electron chi connectivity index (χ2n) is 4.40. The highest BCUT2D eigenvalue weighted by Crippen LogP contribution is 2.22. The first-order valence-electron chi connectivity index (χ1n) is 6.13. The third-order valence-corrected chi connectivity index (χ3v) is 3.15. The summed E-state index contributed by atoms with van der Waals surface area (Å²) in [6, 6.07) is 7.86. The van der Waals surface area contributed by atoms with Crippen molar-refractivity contribution in [2.45, 2.75) is 25.4 Å². The summed E-state index contributed by atoms with van der Waals surface area (Å²) in [5.41, 5.74) is 0.819. The normalized spacial score (nSPS) is 20.6. The molecule has 0 spiro atoms. The zero-order valence-electron chi connectivity index (χ0n) is 9.69. The van der Waals surface area contributed by atoms with Gasteiger partial charge in [-0.2, -0.15) is 0 Å². The molecule has 1 saturated heterocycles. The summed E-state index contributed by atoms with van der Waals surface area (Å²) in [6.45, 7) is 1.68. The number of ether oxygens (including phenoxy) is 1. The van der Waals surface area contributed by atoms with E-state index in [4.69, 9.17) is 9.26 Å². The van der Waals surface area contributed by atoms with Gasteiger partial charge in [-0.15, -0.1) is 0 Å². The molecule has 4 heteroatoms. The number of hydrogen-bond acceptors (Lipinski definition) is 4. The Morgan fingerprint density at radius 1 is 1.29 bits per heavy atom. The smallest absolute Gasteiger partial charge is 0.177 e. The van der Waals surface area contributed by atoms with Gasteiger partial charge in [0.15, 0.2) is 11.4 Å². The number of nitrogens with one attached hydrogen (secondary N) is 1. The summed E-state index contributed by atoms with van der Waals surface area (Å²) in [5, 5.41) is 8.38. The van der Waals surface area contributed by atoms with Gasteiger partial charge in [-0.05, 0) is 31.4 Å². The highest BCUT2D eigenvalue weighted by molar-refractivity contribution is 5.87. The first-order valence-corrected chi connectivity index (χ1v) is 6.13. The van der Waals surface area contributed by atoms with E-state index < -0.39 is 0 Å². The van der Waals surface area contributed by atoms with E-state index in [0.29, 0.717) is 6.10 Å². The lowest BCUT2D eigenvalue weighted by atomic mass is 10.1. The van der Waals surface area contributed by atoms with Crippen LogP contribution in [-0.4, -0.2) is 24.4 Å². The Bertz CT molecular complexity index is 489. The van der Waals surface area contributed by atoms with Crippen LogP contribution < -0.4 is 5.32 Å². The van der Waals surface area contributed by atoms with E-state index in [1.165, 1.54) is 12.8 Å². The fourth-order valence-electron chi connectivity index (χ4n) is 2.19. The maximum absolute atomic E-state index is 5.67. The number of aromatic nitrogens is 1. The number of para-hydroxylation sites is 1. The van der Waals surface area contributed by atoms with Gasteiger partial charge in [-0.1, -0.05) is 17.3 Å². The number of benzene rings is 1. The average molecular weight is 232 g/mol. The fraction of sp³-hybridized carbons (Fsp3) is 0.462. The molecule has 0 bridgehead atoms. The molecule has 1 aliphatic heterocycles. The lowest BCUT2D eigenvalue weighted by Gasteiger charge is -2.22. The molecule has 1 aliphatic rings. The van der Waals surface area contributed by atoms with Crippen LogP contribution in [0.5, 0.6) is 0 Å². The molecule has 2 aromatic rings. The molecule has 0 radical (unpaired) electrons. The molecule has 4 nitrogen and oxygen atoms in total. The standard InChI is InChI=1S/C13H16N2O2/c1-2-7-12-11(6-1)13(15-17-12)14-9-10-5-3-4-8-16-10/h1-2,6-7,10H,3-5,8-9H2,(H,14,15). The van der Waals surface area contributed by atoms with Crippen molar-refractivity contribution >= 4 is 16.8 Å². The Morgan fingerprint density at radius 2 is 2.24 bits per heavy atom. The van der Waals surface area contributed by atoms with Crippen LogP contribution in [0.2, 0.25) is 0 Å². The Morgan fingerprint density at radius 3 is 3.12 bits per heavy atom. The lowest BCUT2D eigenvalue weighted by molar-refractivity contribution is 0.0247. The SMILES string of the molecule is c1ccc2c(NCC3CCCCO3)noc2c1. The molecule has 0 saturated carbocycles.